The summed E-state index contributed by atoms with van der Waals surface area (Å²) >= 11 is 0. The van der Waals surface area contributed by atoms with Gasteiger partial charge in [0, 0.05) is 32.6 Å². The molecule has 0 radical (unpaired) electrons. The molecule has 1 aliphatic heterocycles. The van der Waals surface area contributed by atoms with Crippen LogP contribution in [-0.2, 0) is 4.79 Å². The molecule has 1 saturated heterocycles. The van der Waals surface area contributed by atoms with E-state index in [9.17, 15) is 9.59 Å². The smallest absolute Gasteiger partial charge is 0.314 e. The minimum Gasteiger partial charge on any atom is -0.468 e. The quantitative estimate of drug-likeness (QED) is 0.792. The highest BCUT2D eigenvalue weighted by atomic mass is 16.3. The highest BCUT2D eigenvalue weighted by Gasteiger charge is 2.18. The van der Waals surface area contributed by atoms with E-state index in [0.29, 0.717) is 26.1 Å². The molecule has 2 rings (SSSR count). The fourth-order valence-corrected chi connectivity index (χ4v) is 2.85. The van der Waals surface area contributed by atoms with Crippen LogP contribution in [0.15, 0.2) is 22.8 Å². The van der Waals surface area contributed by atoms with E-state index in [1.165, 1.54) is 0 Å². The number of hydrogen-bond acceptors (Lipinski definition) is 4. The van der Waals surface area contributed by atoms with E-state index in [1.54, 1.807) is 6.26 Å². The molecule has 0 saturated carbocycles. The number of likely N-dealkylation sites (N-methyl/N-ethyl adjacent to an activating group) is 1. The van der Waals surface area contributed by atoms with Crippen molar-refractivity contribution in [2.24, 2.45) is 0 Å². The first-order chi connectivity index (χ1) is 11.6. The third kappa shape index (κ3) is 5.56. The Labute approximate surface area is 143 Å². The number of urea groups is 1. The normalized spacial score (nSPS) is 16.8. The van der Waals surface area contributed by atoms with Crippen molar-refractivity contribution in [3.63, 3.8) is 0 Å². The monoisotopic (exact) mass is 336 g/mol. The number of amides is 3. The Balaban J connectivity index is 1.70. The van der Waals surface area contributed by atoms with Crippen molar-refractivity contribution in [1.29, 1.82) is 0 Å². The van der Waals surface area contributed by atoms with Crippen molar-refractivity contribution in [2.75, 3.05) is 40.3 Å². The Hall–Kier alpha value is -2.02. The molecule has 24 heavy (non-hydrogen) atoms. The lowest BCUT2D eigenvalue weighted by Gasteiger charge is -2.23. The van der Waals surface area contributed by atoms with Crippen molar-refractivity contribution >= 4 is 11.9 Å². The summed E-state index contributed by atoms with van der Waals surface area (Å²) in [7, 11) is 3.88. The SMILES string of the molecule is CN(C)[C@@H](CNC(=O)NCCN1CCCCCC1=O)c1ccco1. The number of nitrogens with one attached hydrogen (secondary N) is 2. The molecule has 0 aliphatic carbocycles. The van der Waals surface area contributed by atoms with Crippen LogP contribution in [0, 0.1) is 0 Å². The Kier molecular flexibility index (Phi) is 7.11. The number of hydrogen-bond donors (Lipinski definition) is 2. The molecular formula is C17H28N4O3. The van der Waals surface area contributed by atoms with Crippen LogP contribution >= 0.6 is 0 Å². The molecule has 2 N–H and O–H groups in total. The van der Waals surface area contributed by atoms with Gasteiger partial charge in [-0.3, -0.25) is 9.69 Å². The molecule has 7 nitrogen and oxygen atoms in total. The summed E-state index contributed by atoms with van der Waals surface area (Å²) < 4.78 is 5.42. The van der Waals surface area contributed by atoms with E-state index in [2.05, 4.69) is 10.6 Å². The summed E-state index contributed by atoms with van der Waals surface area (Å²) in [6.45, 7) is 2.28. The predicted octanol–water partition coefficient (Wildman–Crippen LogP) is 1.58. The van der Waals surface area contributed by atoms with Gasteiger partial charge in [-0.05, 0) is 39.1 Å². The average molecular weight is 336 g/mol. The van der Waals surface area contributed by atoms with E-state index in [0.717, 1.165) is 31.6 Å². The highest BCUT2D eigenvalue weighted by Crippen LogP contribution is 2.17. The lowest BCUT2D eigenvalue weighted by atomic mass is 10.2. The summed E-state index contributed by atoms with van der Waals surface area (Å²) in [5, 5.41) is 5.68. The van der Waals surface area contributed by atoms with Crippen LogP contribution in [-0.4, -0.2) is 62.0 Å². The summed E-state index contributed by atoms with van der Waals surface area (Å²) in [6.07, 6.45) is 5.38. The second-order valence-electron chi connectivity index (χ2n) is 6.32. The topological polar surface area (TPSA) is 77.8 Å². The van der Waals surface area contributed by atoms with Gasteiger partial charge in [0.05, 0.1) is 12.3 Å². The van der Waals surface area contributed by atoms with Crippen molar-refractivity contribution < 1.29 is 14.0 Å². The molecule has 1 aromatic rings. The maximum atomic E-state index is 12.0. The lowest BCUT2D eigenvalue weighted by Crippen LogP contribution is -2.44. The second-order valence-corrected chi connectivity index (χ2v) is 6.32. The van der Waals surface area contributed by atoms with E-state index in [1.807, 2.05) is 36.0 Å². The van der Waals surface area contributed by atoms with E-state index in [4.69, 9.17) is 4.42 Å². The zero-order chi connectivity index (χ0) is 17.4. The molecule has 7 heteroatoms. The standard InChI is InChI=1S/C17H28N4O3/c1-20(2)14(15-7-6-12-24-15)13-19-17(23)18-9-11-21-10-5-3-4-8-16(21)22/h6-7,12,14H,3-5,8-11,13H2,1-2H3,(H2,18,19,23)/t14-/m0/s1. The molecule has 134 valence electrons. The van der Waals surface area contributed by atoms with Crippen molar-refractivity contribution in [2.45, 2.75) is 31.7 Å². The molecular weight excluding hydrogens is 308 g/mol. The van der Waals surface area contributed by atoms with E-state index in [-0.39, 0.29) is 18.0 Å². The number of likely N-dealkylation sites (tertiary alicyclic amines) is 1. The zero-order valence-electron chi connectivity index (χ0n) is 14.6. The fourth-order valence-electron chi connectivity index (χ4n) is 2.85. The van der Waals surface area contributed by atoms with Gasteiger partial charge in [-0.1, -0.05) is 6.42 Å². The van der Waals surface area contributed by atoms with Gasteiger partial charge in [0.25, 0.3) is 0 Å². The van der Waals surface area contributed by atoms with E-state index < -0.39 is 0 Å². The van der Waals surface area contributed by atoms with Crippen molar-refractivity contribution in [3.8, 4) is 0 Å². The molecule has 0 spiro atoms. The molecule has 2 heterocycles. The molecule has 1 aliphatic rings. The summed E-state index contributed by atoms with van der Waals surface area (Å²) in [4.78, 5) is 27.7. The Morgan fingerprint density at radius 3 is 2.88 bits per heavy atom. The Morgan fingerprint density at radius 1 is 1.33 bits per heavy atom. The molecule has 3 amide bonds. The predicted molar refractivity (Wildman–Crippen MR) is 91.6 cm³/mol. The first-order valence-corrected chi connectivity index (χ1v) is 8.57. The van der Waals surface area contributed by atoms with Gasteiger partial charge < -0.3 is 20.0 Å². The number of rotatable bonds is 7. The maximum absolute atomic E-state index is 12.0. The molecule has 1 aromatic heterocycles. The average Bonchev–Trinajstić information content (AvgIpc) is 2.98. The maximum Gasteiger partial charge on any atom is 0.314 e. The van der Waals surface area contributed by atoms with Crippen molar-refractivity contribution in [1.82, 2.24) is 20.4 Å². The van der Waals surface area contributed by atoms with Crippen LogP contribution in [0.25, 0.3) is 0 Å². The Bertz CT molecular complexity index is 516. The van der Waals surface area contributed by atoms with Gasteiger partial charge in [-0.25, -0.2) is 4.79 Å². The molecule has 0 bridgehead atoms. The first-order valence-electron chi connectivity index (χ1n) is 8.57. The number of nitrogens with zero attached hydrogens (tertiary/aromatic N) is 2. The minimum absolute atomic E-state index is 0.0158. The molecule has 0 aromatic carbocycles. The number of furan rings is 1. The van der Waals surface area contributed by atoms with Gasteiger partial charge in [-0.2, -0.15) is 0 Å². The van der Waals surface area contributed by atoms with Crippen LogP contribution in [0.4, 0.5) is 4.79 Å². The number of carbonyl (C=O) groups is 2. The molecule has 0 unspecified atom stereocenters. The Morgan fingerprint density at radius 2 is 2.17 bits per heavy atom. The van der Waals surface area contributed by atoms with Gasteiger partial charge in [0.15, 0.2) is 0 Å². The lowest BCUT2D eigenvalue weighted by molar-refractivity contribution is -0.130. The minimum atomic E-state index is -0.226. The van der Waals surface area contributed by atoms with Crippen LogP contribution in [0.3, 0.4) is 0 Å². The highest BCUT2D eigenvalue weighted by molar-refractivity contribution is 5.76. The van der Waals surface area contributed by atoms with Gasteiger partial charge in [0.2, 0.25) is 5.91 Å². The van der Waals surface area contributed by atoms with Gasteiger partial charge in [-0.15, -0.1) is 0 Å². The summed E-state index contributed by atoms with van der Waals surface area (Å²) in [5.74, 6) is 1.01. The van der Waals surface area contributed by atoms with Gasteiger partial charge in [0.1, 0.15) is 5.76 Å². The van der Waals surface area contributed by atoms with Crippen LogP contribution in [0.2, 0.25) is 0 Å². The van der Waals surface area contributed by atoms with Crippen LogP contribution in [0.5, 0.6) is 0 Å². The fraction of sp³-hybridized carbons (Fsp3) is 0.647. The zero-order valence-corrected chi connectivity index (χ0v) is 14.6. The summed E-state index contributed by atoms with van der Waals surface area (Å²) in [5.41, 5.74) is 0. The van der Waals surface area contributed by atoms with E-state index >= 15 is 0 Å². The van der Waals surface area contributed by atoms with Crippen LogP contribution < -0.4 is 10.6 Å². The third-order valence-electron chi connectivity index (χ3n) is 4.29. The molecule has 1 atom stereocenters. The van der Waals surface area contributed by atoms with Crippen molar-refractivity contribution in [3.05, 3.63) is 24.2 Å². The van der Waals surface area contributed by atoms with Crippen LogP contribution in [0.1, 0.15) is 37.5 Å². The first kappa shape index (κ1) is 18.3. The summed E-state index contributed by atoms with van der Waals surface area (Å²) in [6, 6.07) is 3.49. The number of carbonyl (C=O) groups excluding carboxylic acids is 2. The van der Waals surface area contributed by atoms with Gasteiger partial charge >= 0.3 is 6.03 Å². The molecule has 1 fully saturated rings. The third-order valence-corrected chi connectivity index (χ3v) is 4.29. The largest absolute Gasteiger partial charge is 0.468 e. The second kappa shape index (κ2) is 9.32.